The fourth-order valence-electron chi connectivity index (χ4n) is 10.4. The third-order valence-electron chi connectivity index (χ3n) is 12.8. The maximum absolute atomic E-state index is 13.4. The van der Waals surface area contributed by atoms with Crippen molar-refractivity contribution in [3.8, 4) is 0 Å². The molecule has 232 valence electrons. The van der Waals surface area contributed by atoms with Gasteiger partial charge in [-0.3, -0.25) is 4.79 Å². The minimum absolute atomic E-state index is 0.1000. The number of ether oxygens (including phenoxy) is 1. The summed E-state index contributed by atoms with van der Waals surface area (Å²) in [5, 5.41) is 12.8. The van der Waals surface area contributed by atoms with Crippen LogP contribution in [0.1, 0.15) is 83.6 Å². The number of urea groups is 1. The van der Waals surface area contributed by atoms with Crippen LogP contribution in [-0.2, 0) is 9.53 Å². The Morgan fingerprint density at radius 2 is 1.79 bits per heavy atom. The van der Waals surface area contributed by atoms with Crippen molar-refractivity contribution >= 4 is 12.0 Å². The molecule has 0 bridgehead atoms. The molecule has 4 saturated carbocycles. The van der Waals surface area contributed by atoms with Crippen LogP contribution in [0.2, 0.25) is 0 Å². The first-order valence-corrected chi connectivity index (χ1v) is 16.1. The van der Waals surface area contributed by atoms with E-state index in [1.165, 1.54) is 19.3 Å². The van der Waals surface area contributed by atoms with Crippen molar-refractivity contribution < 1.29 is 23.8 Å². The first-order chi connectivity index (χ1) is 19.9. The van der Waals surface area contributed by atoms with Gasteiger partial charge in [0.1, 0.15) is 6.10 Å². The van der Waals surface area contributed by atoms with Gasteiger partial charge in [-0.25, -0.2) is 9.59 Å². The van der Waals surface area contributed by atoms with Crippen LogP contribution in [-0.4, -0.2) is 89.8 Å². The summed E-state index contributed by atoms with van der Waals surface area (Å²) in [7, 11) is 4.10. The molecule has 1 saturated heterocycles. The van der Waals surface area contributed by atoms with Gasteiger partial charge in [-0.2, -0.15) is 0 Å². The topological polar surface area (TPSA) is 104 Å². The molecule has 6 rings (SSSR count). The average molecular weight is 584 g/mol. The number of rotatable bonds is 3. The zero-order chi connectivity index (χ0) is 30.0. The van der Waals surface area contributed by atoms with Crippen molar-refractivity contribution in [1.82, 2.24) is 14.7 Å². The van der Waals surface area contributed by atoms with Crippen molar-refractivity contribution in [2.75, 3.05) is 40.3 Å². The number of esters is 1. The van der Waals surface area contributed by atoms with Crippen LogP contribution in [0.3, 0.4) is 0 Å². The van der Waals surface area contributed by atoms with Gasteiger partial charge in [0.25, 0.3) is 0 Å². The summed E-state index contributed by atoms with van der Waals surface area (Å²) >= 11 is 0. The van der Waals surface area contributed by atoms with Crippen LogP contribution in [0.25, 0.3) is 0 Å². The third kappa shape index (κ3) is 4.61. The fraction of sp³-hybridized carbons (Fsp3) is 0.788. The predicted molar refractivity (Wildman–Crippen MR) is 158 cm³/mol. The SMILES string of the molecule is CC(=O)O[C@H]1C[C@]2(O)[C@@H]3CC[C@@H]4C[C@@H](N(C)C(=O)N5CCN(C)CC5)CC[C@]4(C)[C@H]3CC[C@]2(C)[C@H]1c1ccc(=O)oc1. The summed E-state index contributed by atoms with van der Waals surface area (Å²) < 4.78 is 11.2. The maximum atomic E-state index is 13.4. The van der Waals surface area contributed by atoms with Gasteiger partial charge in [0.05, 0.1) is 11.9 Å². The molecule has 1 aromatic rings. The van der Waals surface area contributed by atoms with Gasteiger partial charge in [0.2, 0.25) is 0 Å². The predicted octanol–water partition coefficient (Wildman–Crippen LogP) is 4.09. The number of likely N-dealkylation sites (N-methyl/N-ethyl adjacent to an activating group) is 1. The molecule has 4 aliphatic carbocycles. The Labute approximate surface area is 249 Å². The first kappa shape index (κ1) is 29.7. The van der Waals surface area contributed by atoms with Crippen LogP contribution in [0, 0.1) is 28.6 Å². The van der Waals surface area contributed by atoms with Crippen molar-refractivity contribution in [2.24, 2.45) is 28.6 Å². The van der Waals surface area contributed by atoms with Gasteiger partial charge in [-0.1, -0.05) is 13.8 Å². The highest BCUT2D eigenvalue weighted by molar-refractivity contribution is 5.74. The molecule has 0 unspecified atom stereocenters. The van der Waals surface area contributed by atoms with Crippen LogP contribution < -0.4 is 5.63 Å². The summed E-state index contributed by atoms with van der Waals surface area (Å²) in [6.07, 6.45) is 8.28. The molecule has 2 heterocycles. The highest BCUT2D eigenvalue weighted by Crippen LogP contribution is 2.71. The number of hydrogen-bond acceptors (Lipinski definition) is 7. The van der Waals surface area contributed by atoms with Crippen molar-refractivity contribution in [2.45, 2.75) is 95.8 Å². The van der Waals surface area contributed by atoms with Crippen LogP contribution in [0.15, 0.2) is 27.6 Å². The molecule has 0 radical (unpaired) electrons. The average Bonchev–Trinajstić information content (AvgIpc) is 3.18. The first-order valence-electron chi connectivity index (χ1n) is 16.1. The highest BCUT2D eigenvalue weighted by atomic mass is 16.5. The molecule has 0 spiro atoms. The highest BCUT2D eigenvalue weighted by Gasteiger charge is 2.70. The summed E-state index contributed by atoms with van der Waals surface area (Å²) in [6.45, 7) is 9.46. The fourth-order valence-corrected chi connectivity index (χ4v) is 10.4. The van der Waals surface area contributed by atoms with Gasteiger partial charge in [-0.15, -0.1) is 0 Å². The second-order valence-electron chi connectivity index (χ2n) is 14.7. The lowest BCUT2D eigenvalue weighted by molar-refractivity contribution is -0.203. The Kier molecular flexibility index (Phi) is 7.52. The smallest absolute Gasteiger partial charge is 0.335 e. The lowest BCUT2D eigenvalue weighted by Crippen LogP contribution is -2.62. The van der Waals surface area contributed by atoms with Gasteiger partial charge >= 0.3 is 17.6 Å². The van der Waals surface area contributed by atoms with Crippen molar-refractivity contribution in [3.63, 3.8) is 0 Å². The van der Waals surface area contributed by atoms with E-state index in [1.807, 2.05) is 16.8 Å². The van der Waals surface area contributed by atoms with Crippen LogP contribution >= 0.6 is 0 Å². The third-order valence-corrected chi connectivity index (χ3v) is 12.8. The summed E-state index contributed by atoms with van der Waals surface area (Å²) in [5.74, 6) is 0.399. The molecule has 1 aromatic heterocycles. The Hall–Kier alpha value is -2.39. The molecular formula is C33H49N3O6. The molecule has 9 nitrogen and oxygen atoms in total. The molecule has 1 aliphatic heterocycles. The lowest BCUT2D eigenvalue weighted by Gasteiger charge is -2.64. The molecule has 0 aromatic carbocycles. The number of carbonyl (C=O) groups excluding carboxylic acids is 2. The van der Waals surface area contributed by atoms with E-state index in [1.54, 1.807) is 6.07 Å². The van der Waals surface area contributed by atoms with Gasteiger partial charge < -0.3 is 29.0 Å². The van der Waals surface area contributed by atoms with Crippen molar-refractivity contribution in [3.05, 3.63) is 34.4 Å². The van der Waals surface area contributed by atoms with E-state index in [4.69, 9.17) is 9.15 Å². The van der Waals surface area contributed by atoms with E-state index >= 15 is 0 Å². The Balaban J connectivity index is 1.22. The lowest BCUT2D eigenvalue weighted by atomic mass is 9.43. The van der Waals surface area contributed by atoms with Crippen LogP contribution in [0.5, 0.6) is 0 Å². The summed E-state index contributed by atoms with van der Waals surface area (Å²) in [6, 6.07) is 3.61. The zero-order valence-corrected chi connectivity index (χ0v) is 26.0. The second-order valence-corrected chi connectivity index (χ2v) is 14.7. The minimum Gasteiger partial charge on any atom is -0.462 e. The summed E-state index contributed by atoms with van der Waals surface area (Å²) in [5.41, 5.74) is -1.00. The maximum Gasteiger partial charge on any atom is 0.335 e. The molecule has 5 fully saturated rings. The molecule has 5 aliphatic rings. The number of carbonyl (C=O) groups is 2. The Bertz CT molecular complexity index is 1240. The molecule has 2 amide bonds. The molecular weight excluding hydrogens is 534 g/mol. The molecule has 9 heteroatoms. The molecule has 42 heavy (non-hydrogen) atoms. The Morgan fingerprint density at radius 1 is 1.05 bits per heavy atom. The number of aliphatic hydroxyl groups is 1. The standard InChI is InChI=1S/C33H49N3O6/c1-21(37)42-27-19-33(40)26-8-7-23-18-24(35(5)30(39)36-16-14-34(4)15-17-36)10-12-31(23,2)25(26)11-13-32(33,3)29(27)22-6-9-28(38)41-20-22/h6,9,20,23-27,29,40H,7-8,10-19H2,1-5H3/t23-,24+,25+,26-,27+,29+,31+,32-,33+/m1/s1. The number of fused-ring (bicyclic) bond motifs is 5. The number of amides is 2. The van der Waals surface area contributed by atoms with E-state index < -0.39 is 22.7 Å². The monoisotopic (exact) mass is 583 g/mol. The van der Waals surface area contributed by atoms with E-state index in [0.29, 0.717) is 18.3 Å². The Morgan fingerprint density at radius 3 is 2.45 bits per heavy atom. The quantitative estimate of drug-likeness (QED) is 0.535. The number of piperazine rings is 1. The van der Waals surface area contributed by atoms with E-state index in [9.17, 15) is 19.5 Å². The number of nitrogens with zero attached hydrogens (tertiary/aromatic N) is 3. The van der Waals surface area contributed by atoms with E-state index in [0.717, 1.165) is 76.7 Å². The largest absolute Gasteiger partial charge is 0.462 e. The van der Waals surface area contributed by atoms with E-state index in [2.05, 4.69) is 25.8 Å². The molecule has 1 N–H and O–H groups in total. The van der Waals surface area contributed by atoms with Gasteiger partial charge in [0.15, 0.2) is 0 Å². The number of hydrogen-bond donors (Lipinski definition) is 1. The van der Waals surface area contributed by atoms with E-state index in [-0.39, 0.29) is 35.3 Å². The zero-order valence-electron chi connectivity index (χ0n) is 26.0. The molecule has 9 atom stereocenters. The van der Waals surface area contributed by atoms with Gasteiger partial charge in [0, 0.05) is 70.0 Å². The normalized spacial score (nSPS) is 41.8. The summed E-state index contributed by atoms with van der Waals surface area (Å²) in [4.78, 5) is 43.6. The minimum atomic E-state index is -0.990. The van der Waals surface area contributed by atoms with Crippen LogP contribution in [0.4, 0.5) is 4.79 Å². The van der Waals surface area contributed by atoms with Gasteiger partial charge in [-0.05, 0) is 86.8 Å². The second kappa shape index (κ2) is 10.7. The van der Waals surface area contributed by atoms with Crippen molar-refractivity contribution in [1.29, 1.82) is 0 Å².